The molecule has 0 radical (unpaired) electrons. The van der Waals surface area contributed by atoms with E-state index in [9.17, 15) is 4.79 Å². The molecule has 0 bridgehead atoms. The maximum atomic E-state index is 12.7. The van der Waals surface area contributed by atoms with Crippen LogP contribution in [0, 0.1) is 0 Å². The fraction of sp³-hybridized carbons (Fsp3) is 0.154. The van der Waals surface area contributed by atoms with Crippen LogP contribution in [0.2, 0.25) is 0 Å². The predicted octanol–water partition coefficient (Wildman–Crippen LogP) is 5.72. The van der Waals surface area contributed by atoms with Gasteiger partial charge in [0, 0.05) is 29.4 Å². The standard InChI is InChI=1S/C26H23N3O2S/c1-3-17-8-10-18(11-9-17)21-16-29-22-13-12-19(14-24(22)32-26(29)28-21)25(30)27-15-20-6-4-5-7-23(20)31-2/h4-14,16H,3,15H2,1-2H3,(H,27,30). The van der Waals surface area contributed by atoms with Gasteiger partial charge in [-0.15, -0.1) is 0 Å². The Bertz CT molecular complexity index is 1420. The molecular formula is C26H23N3O2S. The number of nitrogens with zero attached hydrogens (tertiary/aromatic N) is 2. The summed E-state index contributed by atoms with van der Waals surface area (Å²) in [5.74, 6) is 0.656. The van der Waals surface area contributed by atoms with Crippen LogP contribution in [-0.2, 0) is 13.0 Å². The number of benzene rings is 3. The maximum Gasteiger partial charge on any atom is 0.251 e. The van der Waals surface area contributed by atoms with Crippen LogP contribution in [0.3, 0.4) is 0 Å². The lowest BCUT2D eigenvalue weighted by molar-refractivity contribution is 0.0951. The Morgan fingerprint density at radius 3 is 2.69 bits per heavy atom. The summed E-state index contributed by atoms with van der Waals surface area (Å²) in [6.45, 7) is 2.57. The quantitative estimate of drug-likeness (QED) is 0.367. The molecule has 2 heterocycles. The molecule has 32 heavy (non-hydrogen) atoms. The third-order valence-corrected chi connectivity index (χ3v) is 6.66. The van der Waals surface area contributed by atoms with Crippen LogP contribution in [0.25, 0.3) is 26.4 Å². The number of thiazole rings is 1. The van der Waals surface area contributed by atoms with Gasteiger partial charge in [0.05, 0.1) is 23.0 Å². The Kier molecular flexibility index (Phi) is 5.37. The first-order chi connectivity index (χ1) is 15.7. The Morgan fingerprint density at radius 2 is 1.91 bits per heavy atom. The van der Waals surface area contributed by atoms with E-state index in [0.717, 1.165) is 44.2 Å². The number of carbonyl (C=O) groups excluding carboxylic acids is 1. The fourth-order valence-corrected chi connectivity index (χ4v) is 4.87. The van der Waals surface area contributed by atoms with E-state index < -0.39 is 0 Å². The first-order valence-corrected chi connectivity index (χ1v) is 11.4. The zero-order valence-electron chi connectivity index (χ0n) is 18.0. The zero-order chi connectivity index (χ0) is 22.1. The second-order valence-electron chi connectivity index (χ2n) is 7.61. The van der Waals surface area contributed by atoms with Crippen LogP contribution in [0.4, 0.5) is 0 Å². The monoisotopic (exact) mass is 441 g/mol. The van der Waals surface area contributed by atoms with Gasteiger partial charge in [0.1, 0.15) is 5.75 Å². The summed E-state index contributed by atoms with van der Waals surface area (Å²) in [5.41, 5.74) is 6.01. The highest BCUT2D eigenvalue weighted by molar-refractivity contribution is 7.23. The first-order valence-electron chi connectivity index (χ1n) is 10.6. The van der Waals surface area contributed by atoms with Crippen molar-refractivity contribution in [1.82, 2.24) is 14.7 Å². The number of fused-ring (bicyclic) bond motifs is 3. The minimum atomic E-state index is -0.111. The van der Waals surface area contributed by atoms with Crippen molar-refractivity contribution >= 4 is 32.4 Å². The van der Waals surface area contributed by atoms with Gasteiger partial charge in [-0.1, -0.05) is 60.7 Å². The molecule has 5 nitrogen and oxygen atoms in total. The van der Waals surface area contributed by atoms with E-state index in [0.29, 0.717) is 12.1 Å². The molecule has 5 rings (SSSR count). The Hall–Kier alpha value is -3.64. The van der Waals surface area contributed by atoms with E-state index >= 15 is 0 Å². The van der Waals surface area contributed by atoms with Gasteiger partial charge in [-0.05, 0) is 36.2 Å². The highest BCUT2D eigenvalue weighted by Gasteiger charge is 2.13. The van der Waals surface area contributed by atoms with E-state index in [1.54, 1.807) is 18.4 Å². The topological polar surface area (TPSA) is 55.6 Å². The second-order valence-corrected chi connectivity index (χ2v) is 8.62. The Morgan fingerprint density at radius 1 is 1.09 bits per heavy atom. The van der Waals surface area contributed by atoms with Crippen LogP contribution in [0.5, 0.6) is 5.75 Å². The zero-order valence-corrected chi connectivity index (χ0v) is 18.8. The molecule has 0 saturated heterocycles. The molecule has 5 aromatic rings. The van der Waals surface area contributed by atoms with Crippen molar-refractivity contribution in [3.05, 3.63) is 89.6 Å². The van der Waals surface area contributed by atoms with Crippen molar-refractivity contribution in [2.75, 3.05) is 7.11 Å². The molecule has 3 aromatic carbocycles. The largest absolute Gasteiger partial charge is 0.496 e. The SMILES string of the molecule is CCc1ccc(-c2cn3c(n2)sc2cc(C(=O)NCc4ccccc4OC)ccc23)cc1. The second kappa shape index (κ2) is 8.48. The molecule has 0 aliphatic carbocycles. The number of rotatable bonds is 6. The molecular weight excluding hydrogens is 418 g/mol. The van der Waals surface area contributed by atoms with E-state index in [2.05, 4.69) is 47.1 Å². The summed E-state index contributed by atoms with van der Waals surface area (Å²) in [4.78, 5) is 18.5. The summed E-state index contributed by atoms with van der Waals surface area (Å²) in [6.07, 6.45) is 3.09. The molecule has 6 heteroatoms. The van der Waals surface area contributed by atoms with Gasteiger partial charge >= 0.3 is 0 Å². The van der Waals surface area contributed by atoms with Crippen molar-refractivity contribution in [1.29, 1.82) is 0 Å². The van der Waals surface area contributed by atoms with E-state index in [4.69, 9.17) is 9.72 Å². The molecule has 160 valence electrons. The van der Waals surface area contributed by atoms with Crippen molar-refractivity contribution in [3.63, 3.8) is 0 Å². The van der Waals surface area contributed by atoms with Gasteiger partial charge in [0.15, 0.2) is 4.96 Å². The molecule has 0 spiro atoms. The third-order valence-electron chi connectivity index (χ3n) is 5.65. The maximum absolute atomic E-state index is 12.7. The normalized spacial score (nSPS) is 11.2. The van der Waals surface area contributed by atoms with Crippen LogP contribution in [0.15, 0.2) is 72.9 Å². The third kappa shape index (κ3) is 3.74. The number of carbonyl (C=O) groups is 1. The number of imidazole rings is 1. The van der Waals surface area contributed by atoms with Crippen LogP contribution >= 0.6 is 11.3 Å². The average Bonchev–Trinajstić information content (AvgIpc) is 3.40. The van der Waals surface area contributed by atoms with Gasteiger partial charge < -0.3 is 10.1 Å². The minimum Gasteiger partial charge on any atom is -0.496 e. The van der Waals surface area contributed by atoms with Gasteiger partial charge in [-0.3, -0.25) is 9.20 Å². The summed E-state index contributed by atoms with van der Waals surface area (Å²) >= 11 is 1.59. The van der Waals surface area contributed by atoms with Crippen LogP contribution < -0.4 is 10.1 Å². The number of hydrogen-bond acceptors (Lipinski definition) is 4. The Labute approximate surface area is 190 Å². The van der Waals surface area contributed by atoms with Crippen LogP contribution in [-0.4, -0.2) is 22.4 Å². The summed E-state index contributed by atoms with van der Waals surface area (Å²) in [7, 11) is 1.63. The molecule has 0 atom stereocenters. The summed E-state index contributed by atoms with van der Waals surface area (Å²) in [6, 6.07) is 22.0. The lowest BCUT2D eigenvalue weighted by Crippen LogP contribution is -2.22. The van der Waals surface area contributed by atoms with Gasteiger partial charge in [-0.25, -0.2) is 4.98 Å². The molecule has 2 aromatic heterocycles. The van der Waals surface area contributed by atoms with E-state index in [1.807, 2.05) is 42.5 Å². The molecule has 0 unspecified atom stereocenters. The molecule has 0 aliphatic heterocycles. The number of hydrogen-bond donors (Lipinski definition) is 1. The predicted molar refractivity (Wildman–Crippen MR) is 130 cm³/mol. The van der Waals surface area contributed by atoms with E-state index in [1.165, 1.54) is 5.56 Å². The van der Waals surface area contributed by atoms with Gasteiger partial charge in [0.25, 0.3) is 5.91 Å². The molecule has 0 aliphatic rings. The summed E-state index contributed by atoms with van der Waals surface area (Å²) in [5, 5.41) is 2.99. The number of ether oxygens (including phenoxy) is 1. The number of nitrogens with one attached hydrogen (secondary N) is 1. The lowest BCUT2D eigenvalue weighted by Gasteiger charge is -2.09. The number of aryl methyl sites for hydroxylation is 1. The van der Waals surface area contributed by atoms with Crippen molar-refractivity contribution in [2.24, 2.45) is 0 Å². The van der Waals surface area contributed by atoms with Gasteiger partial charge in [0.2, 0.25) is 0 Å². The van der Waals surface area contributed by atoms with Crippen LogP contribution in [0.1, 0.15) is 28.4 Å². The smallest absolute Gasteiger partial charge is 0.251 e. The van der Waals surface area contributed by atoms with Crippen molar-refractivity contribution < 1.29 is 9.53 Å². The highest BCUT2D eigenvalue weighted by atomic mass is 32.1. The molecule has 1 amide bonds. The first kappa shape index (κ1) is 20.3. The molecule has 0 fully saturated rings. The number of aromatic nitrogens is 2. The highest BCUT2D eigenvalue weighted by Crippen LogP contribution is 2.30. The molecule has 0 saturated carbocycles. The number of methoxy groups -OCH3 is 1. The van der Waals surface area contributed by atoms with Crippen molar-refractivity contribution in [2.45, 2.75) is 19.9 Å². The fourth-order valence-electron chi connectivity index (χ4n) is 3.82. The van der Waals surface area contributed by atoms with Gasteiger partial charge in [-0.2, -0.15) is 0 Å². The summed E-state index contributed by atoms with van der Waals surface area (Å²) < 4.78 is 8.49. The molecule has 1 N–H and O–H groups in total. The lowest BCUT2D eigenvalue weighted by atomic mass is 10.1. The average molecular weight is 442 g/mol. The number of amides is 1. The minimum absolute atomic E-state index is 0.111. The Balaban J connectivity index is 1.38. The van der Waals surface area contributed by atoms with E-state index in [-0.39, 0.29) is 5.91 Å². The van der Waals surface area contributed by atoms with Crippen molar-refractivity contribution in [3.8, 4) is 17.0 Å². The number of para-hydroxylation sites is 1.